The number of nitrogens with zero attached hydrogens (tertiary/aromatic N) is 1. The Hall–Kier alpha value is -2.26. The van der Waals surface area contributed by atoms with E-state index in [0.29, 0.717) is 29.9 Å². The highest BCUT2D eigenvalue weighted by molar-refractivity contribution is 6.06. The lowest BCUT2D eigenvalue weighted by Crippen LogP contribution is -2.57. The molecule has 4 heterocycles. The molecule has 40 heavy (non-hydrogen) atoms. The number of oxime groups is 1. The SMILES string of the molecule is CC[C@H]1O[C@]2(CC[C@@H]1C)C[C@@H]1C[C@@H](C/C=C(\C)C[C@@H](C)/C=C/C=C3\CO[C@@H]4C(=NO)C(C)=C[C@@H](C(=O)O1)[C@]34O)O2. The summed E-state index contributed by atoms with van der Waals surface area (Å²) < 4.78 is 25.5. The van der Waals surface area contributed by atoms with Gasteiger partial charge in [0.1, 0.15) is 29.4 Å². The Labute approximate surface area is 237 Å². The van der Waals surface area contributed by atoms with Crippen molar-refractivity contribution in [3.05, 3.63) is 47.1 Å². The summed E-state index contributed by atoms with van der Waals surface area (Å²) in [4.78, 5) is 13.9. The molecule has 8 nitrogen and oxygen atoms in total. The van der Waals surface area contributed by atoms with Crippen LogP contribution in [0, 0.1) is 17.8 Å². The molecule has 3 saturated heterocycles. The Kier molecular flexibility index (Phi) is 8.44. The average Bonchev–Trinajstić information content (AvgIpc) is 3.24. The number of hydrogen-bond acceptors (Lipinski definition) is 8. The molecule has 220 valence electrons. The minimum Gasteiger partial charge on any atom is -0.462 e. The van der Waals surface area contributed by atoms with E-state index in [1.54, 1.807) is 13.0 Å². The topological polar surface area (TPSA) is 107 Å². The van der Waals surface area contributed by atoms with Gasteiger partial charge in [0, 0.05) is 19.3 Å². The van der Waals surface area contributed by atoms with Crippen LogP contribution in [-0.2, 0) is 23.7 Å². The molecule has 9 atom stereocenters. The van der Waals surface area contributed by atoms with E-state index in [0.717, 1.165) is 32.1 Å². The van der Waals surface area contributed by atoms with Crippen LogP contribution < -0.4 is 0 Å². The van der Waals surface area contributed by atoms with Gasteiger partial charge in [-0.2, -0.15) is 0 Å². The van der Waals surface area contributed by atoms with Crippen molar-refractivity contribution < 1.29 is 34.1 Å². The first-order chi connectivity index (χ1) is 19.1. The fourth-order valence-electron chi connectivity index (χ4n) is 7.22. The highest BCUT2D eigenvalue weighted by atomic mass is 16.7. The molecule has 2 N–H and O–H groups in total. The largest absolute Gasteiger partial charge is 0.462 e. The third-order valence-electron chi connectivity index (χ3n) is 9.45. The Morgan fingerprint density at radius 1 is 1.18 bits per heavy atom. The van der Waals surface area contributed by atoms with Gasteiger partial charge in [-0.3, -0.25) is 4.79 Å². The van der Waals surface area contributed by atoms with Crippen LogP contribution in [0.3, 0.4) is 0 Å². The molecule has 8 heteroatoms. The minimum absolute atomic E-state index is 0.0940. The molecule has 0 amide bonds. The third kappa shape index (κ3) is 5.48. The smallest absolute Gasteiger partial charge is 0.316 e. The second kappa shape index (κ2) is 11.6. The third-order valence-corrected chi connectivity index (χ3v) is 9.45. The van der Waals surface area contributed by atoms with E-state index in [4.69, 9.17) is 18.9 Å². The van der Waals surface area contributed by atoms with Gasteiger partial charge in [-0.1, -0.05) is 61.9 Å². The second-order valence-corrected chi connectivity index (χ2v) is 12.6. The van der Waals surface area contributed by atoms with Gasteiger partial charge in [0.25, 0.3) is 0 Å². The van der Waals surface area contributed by atoms with Gasteiger partial charge in [0.2, 0.25) is 0 Å². The van der Waals surface area contributed by atoms with Gasteiger partial charge in [-0.05, 0) is 62.5 Å². The van der Waals surface area contributed by atoms with E-state index < -0.39 is 35.5 Å². The summed E-state index contributed by atoms with van der Waals surface area (Å²) in [6.45, 7) is 10.5. The zero-order valence-corrected chi connectivity index (χ0v) is 24.5. The monoisotopic (exact) mass is 555 g/mol. The molecule has 5 aliphatic rings. The van der Waals surface area contributed by atoms with E-state index in [1.807, 2.05) is 12.2 Å². The van der Waals surface area contributed by atoms with E-state index in [1.165, 1.54) is 5.57 Å². The summed E-state index contributed by atoms with van der Waals surface area (Å²) in [5, 5.41) is 25.3. The van der Waals surface area contributed by atoms with Crippen molar-refractivity contribution in [2.45, 2.75) is 115 Å². The minimum atomic E-state index is -1.72. The molecule has 0 aromatic carbocycles. The number of carbonyl (C=O) groups is 1. The molecule has 3 fully saturated rings. The van der Waals surface area contributed by atoms with Crippen LogP contribution >= 0.6 is 0 Å². The van der Waals surface area contributed by atoms with Gasteiger partial charge in [0.15, 0.2) is 5.79 Å². The maximum atomic E-state index is 13.9. The first-order valence-corrected chi connectivity index (χ1v) is 14.9. The standard InChI is InChI=1S/C32H45NO7/c1-6-27-21(4)12-13-31(40-27)17-25-16-24(39-31)11-10-20(3)14-19(2)8-7-9-23-18-37-29-28(33-36)22(5)15-26(30(34)38-25)32(23,29)35/h7-10,15,19,21,24-27,29,35-36H,6,11-14,16-18H2,1-5H3/b8-7+,20-10+,23-9+,33-28?/t19-,21-,24+,25-,26-,27+,29+,31+,32+/m0/s1. The van der Waals surface area contributed by atoms with Crippen LogP contribution in [0.1, 0.15) is 79.6 Å². The Morgan fingerprint density at radius 2 is 1.98 bits per heavy atom. The first-order valence-electron chi connectivity index (χ1n) is 14.9. The molecule has 5 rings (SSSR count). The summed E-state index contributed by atoms with van der Waals surface area (Å²) in [6.07, 6.45) is 13.6. The van der Waals surface area contributed by atoms with Crippen LogP contribution in [0.4, 0.5) is 0 Å². The normalized spacial score (nSPS) is 47.0. The van der Waals surface area contributed by atoms with Crippen LogP contribution in [0.5, 0.6) is 0 Å². The van der Waals surface area contributed by atoms with Gasteiger partial charge in [-0.25, -0.2) is 0 Å². The highest BCUT2D eigenvalue weighted by Crippen LogP contribution is 2.46. The predicted octanol–water partition coefficient (Wildman–Crippen LogP) is 5.39. The quantitative estimate of drug-likeness (QED) is 0.193. The summed E-state index contributed by atoms with van der Waals surface area (Å²) in [6, 6.07) is 0. The number of ether oxygens (including phenoxy) is 4. The fraction of sp³-hybridized carbons (Fsp3) is 0.688. The van der Waals surface area contributed by atoms with Gasteiger partial charge >= 0.3 is 5.97 Å². The van der Waals surface area contributed by atoms with Crippen LogP contribution in [-0.4, -0.2) is 64.4 Å². The number of hydrogen-bond donors (Lipinski definition) is 2. The van der Waals surface area contributed by atoms with E-state index >= 15 is 0 Å². The van der Waals surface area contributed by atoms with Gasteiger partial charge in [-0.15, -0.1) is 0 Å². The molecule has 1 spiro atoms. The number of rotatable bonds is 1. The number of carbonyl (C=O) groups excluding carboxylic acids is 1. The summed E-state index contributed by atoms with van der Waals surface area (Å²) in [5.74, 6) is -1.60. The van der Waals surface area contributed by atoms with Crippen LogP contribution in [0.15, 0.2) is 52.3 Å². The van der Waals surface area contributed by atoms with Crippen LogP contribution in [0.25, 0.3) is 0 Å². The van der Waals surface area contributed by atoms with E-state index in [9.17, 15) is 15.1 Å². The lowest BCUT2D eigenvalue weighted by atomic mass is 9.71. The van der Waals surface area contributed by atoms with Crippen LogP contribution in [0.2, 0.25) is 0 Å². The zero-order chi connectivity index (χ0) is 28.7. The number of aliphatic hydroxyl groups is 1. The van der Waals surface area contributed by atoms with E-state index in [-0.39, 0.29) is 30.4 Å². The summed E-state index contributed by atoms with van der Waals surface area (Å²) in [5.41, 5.74) is 0.922. The Balaban J connectivity index is 1.53. The average molecular weight is 556 g/mol. The van der Waals surface area contributed by atoms with Crippen molar-refractivity contribution in [3.63, 3.8) is 0 Å². The van der Waals surface area contributed by atoms with Crippen molar-refractivity contribution in [2.75, 3.05) is 6.61 Å². The van der Waals surface area contributed by atoms with Crippen molar-refractivity contribution in [2.24, 2.45) is 22.9 Å². The van der Waals surface area contributed by atoms with Crippen molar-refractivity contribution in [1.29, 1.82) is 0 Å². The Morgan fingerprint density at radius 3 is 2.73 bits per heavy atom. The molecule has 2 bridgehead atoms. The van der Waals surface area contributed by atoms with Crippen molar-refractivity contribution >= 4 is 11.7 Å². The summed E-state index contributed by atoms with van der Waals surface area (Å²) in [7, 11) is 0. The maximum Gasteiger partial charge on any atom is 0.316 e. The second-order valence-electron chi connectivity index (χ2n) is 12.6. The molecule has 0 aromatic rings. The van der Waals surface area contributed by atoms with Crippen molar-refractivity contribution in [3.8, 4) is 0 Å². The molecular formula is C32H45NO7. The molecule has 1 aliphatic carbocycles. The Bertz CT molecular complexity index is 1140. The number of fused-ring (bicyclic) bond motifs is 2. The molecule has 0 saturated carbocycles. The number of esters is 1. The van der Waals surface area contributed by atoms with Gasteiger partial charge in [0.05, 0.1) is 18.8 Å². The molecule has 0 radical (unpaired) electrons. The first kappa shape index (κ1) is 29.2. The van der Waals surface area contributed by atoms with Gasteiger partial charge < -0.3 is 29.3 Å². The fourth-order valence-corrected chi connectivity index (χ4v) is 7.22. The predicted molar refractivity (Wildman–Crippen MR) is 151 cm³/mol. The number of allylic oxidation sites excluding steroid dienone is 4. The zero-order valence-electron chi connectivity index (χ0n) is 24.5. The highest BCUT2D eigenvalue weighted by Gasteiger charge is 2.59. The lowest BCUT2D eigenvalue weighted by molar-refractivity contribution is -0.335. The lowest BCUT2D eigenvalue weighted by Gasteiger charge is -2.49. The molecule has 4 aliphatic heterocycles. The summed E-state index contributed by atoms with van der Waals surface area (Å²) >= 11 is 0. The van der Waals surface area contributed by atoms with E-state index in [2.05, 4.69) is 45.0 Å². The molecule has 0 aromatic heterocycles. The van der Waals surface area contributed by atoms with Crippen molar-refractivity contribution in [1.82, 2.24) is 0 Å². The molecule has 0 unspecified atom stereocenters. The maximum absolute atomic E-state index is 13.9. The molecular weight excluding hydrogens is 510 g/mol.